The van der Waals surface area contributed by atoms with Crippen LogP contribution < -0.4 is 4.90 Å². The topological polar surface area (TPSA) is 101 Å². The van der Waals surface area contributed by atoms with E-state index in [0.717, 1.165) is 0 Å². The Hall–Kier alpha value is -3.97. The molecular weight excluding hydrogens is 420 g/mol. The molecule has 0 atom stereocenters. The minimum Gasteiger partial charge on any atom is -0.478 e. The van der Waals surface area contributed by atoms with E-state index in [1.165, 1.54) is 30.1 Å². The number of carboxylic acid groups (broad SMARTS) is 1. The number of carboxylic acids is 1. The third kappa shape index (κ3) is 3.78. The molecule has 0 fully saturated rings. The van der Waals surface area contributed by atoms with E-state index < -0.39 is 11.9 Å². The molecule has 154 valence electrons. The number of aromatic carboxylic acids is 1. The molecule has 0 aliphatic heterocycles. The maximum atomic E-state index is 13.1. The lowest BCUT2D eigenvalue weighted by Crippen LogP contribution is -2.27. The third-order valence-electron chi connectivity index (χ3n) is 4.82. The maximum absolute atomic E-state index is 13.1. The van der Waals surface area contributed by atoms with Crippen molar-refractivity contribution >= 4 is 46.6 Å². The fraction of sp³-hybridized carbons (Fsp3) is 0.0435. The molecule has 1 amide bonds. The molecule has 8 heteroatoms. The number of carbonyl (C=O) groups is 3. The Morgan fingerprint density at radius 1 is 1.10 bits per heavy atom. The Morgan fingerprint density at radius 2 is 1.87 bits per heavy atom. The summed E-state index contributed by atoms with van der Waals surface area (Å²) in [5.74, 6) is -1.44. The highest BCUT2D eigenvalue weighted by molar-refractivity contribution is 6.33. The number of anilines is 1. The van der Waals surface area contributed by atoms with Crippen LogP contribution in [0, 0.1) is 0 Å². The second-order valence-corrected chi connectivity index (χ2v) is 7.15. The van der Waals surface area contributed by atoms with Gasteiger partial charge in [-0.2, -0.15) is 0 Å². The van der Waals surface area contributed by atoms with Gasteiger partial charge in [0.05, 0.1) is 21.7 Å². The van der Waals surface area contributed by atoms with Crippen molar-refractivity contribution in [2.75, 3.05) is 11.9 Å². The first kappa shape index (κ1) is 20.3. The normalized spacial score (nSPS) is 10.8. The van der Waals surface area contributed by atoms with Gasteiger partial charge < -0.3 is 14.4 Å². The van der Waals surface area contributed by atoms with Gasteiger partial charge in [0.15, 0.2) is 11.9 Å². The number of para-hydroxylation sites is 2. The quantitative estimate of drug-likeness (QED) is 0.447. The number of benzene rings is 3. The van der Waals surface area contributed by atoms with E-state index in [4.69, 9.17) is 16.0 Å². The molecule has 0 aliphatic rings. The Labute approximate surface area is 181 Å². The minimum atomic E-state index is -1.20. The molecule has 1 heterocycles. The SMILES string of the molecule is CN(C(=O)c1cc(C(=O)O)ccc1C=O)c1ccc(Cl)c(-c2nc3ccccc3o2)c1. The summed E-state index contributed by atoms with van der Waals surface area (Å²) in [7, 11) is 1.52. The van der Waals surface area contributed by atoms with E-state index in [2.05, 4.69) is 4.98 Å². The number of carbonyl (C=O) groups excluding carboxylic acids is 2. The average Bonchev–Trinajstić information content (AvgIpc) is 3.22. The molecule has 0 saturated heterocycles. The highest BCUT2D eigenvalue weighted by Crippen LogP contribution is 2.33. The Morgan fingerprint density at radius 3 is 2.58 bits per heavy atom. The lowest BCUT2D eigenvalue weighted by molar-refractivity contribution is 0.0696. The molecular formula is C23H15ClN2O5. The van der Waals surface area contributed by atoms with Crippen molar-refractivity contribution in [2.24, 2.45) is 0 Å². The van der Waals surface area contributed by atoms with Crippen molar-refractivity contribution in [1.29, 1.82) is 0 Å². The van der Waals surface area contributed by atoms with E-state index in [1.807, 2.05) is 18.2 Å². The van der Waals surface area contributed by atoms with Gasteiger partial charge in [0, 0.05) is 18.3 Å². The van der Waals surface area contributed by atoms with E-state index >= 15 is 0 Å². The van der Waals surface area contributed by atoms with Crippen LogP contribution in [-0.4, -0.2) is 35.3 Å². The number of hydrogen-bond donors (Lipinski definition) is 1. The van der Waals surface area contributed by atoms with Crippen LogP contribution in [0.3, 0.4) is 0 Å². The molecule has 0 spiro atoms. The number of oxazole rings is 1. The van der Waals surface area contributed by atoms with E-state index in [0.29, 0.717) is 39.6 Å². The highest BCUT2D eigenvalue weighted by Gasteiger charge is 2.21. The number of halogens is 1. The predicted octanol–water partition coefficient (Wildman–Crippen LogP) is 4.94. The Bertz CT molecular complexity index is 1310. The Balaban J connectivity index is 1.74. The first-order chi connectivity index (χ1) is 14.9. The van der Waals surface area contributed by atoms with Crippen molar-refractivity contribution in [2.45, 2.75) is 0 Å². The minimum absolute atomic E-state index is 0.0178. The van der Waals surface area contributed by atoms with E-state index in [1.54, 1.807) is 24.3 Å². The second kappa shape index (κ2) is 8.04. The van der Waals surface area contributed by atoms with Gasteiger partial charge in [0.1, 0.15) is 5.52 Å². The van der Waals surface area contributed by atoms with Crippen molar-refractivity contribution in [3.8, 4) is 11.5 Å². The summed E-state index contributed by atoms with van der Waals surface area (Å²) in [5.41, 5.74) is 2.21. The Kier molecular flexibility index (Phi) is 5.27. The summed E-state index contributed by atoms with van der Waals surface area (Å²) < 4.78 is 5.78. The first-order valence-corrected chi connectivity index (χ1v) is 9.53. The van der Waals surface area contributed by atoms with Crippen molar-refractivity contribution in [1.82, 2.24) is 4.98 Å². The van der Waals surface area contributed by atoms with Gasteiger partial charge in [-0.05, 0) is 42.5 Å². The second-order valence-electron chi connectivity index (χ2n) is 6.74. The summed E-state index contributed by atoms with van der Waals surface area (Å²) in [6, 6.07) is 15.9. The van der Waals surface area contributed by atoms with Gasteiger partial charge in [-0.15, -0.1) is 0 Å². The smallest absolute Gasteiger partial charge is 0.335 e. The summed E-state index contributed by atoms with van der Waals surface area (Å²) in [4.78, 5) is 41.5. The molecule has 4 aromatic rings. The third-order valence-corrected chi connectivity index (χ3v) is 5.15. The van der Waals surface area contributed by atoms with Crippen LogP contribution in [0.2, 0.25) is 5.02 Å². The van der Waals surface area contributed by atoms with Crippen LogP contribution in [0.1, 0.15) is 31.1 Å². The van der Waals surface area contributed by atoms with Crippen molar-refractivity contribution in [3.05, 3.63) is 82.4 Å². The monoisotopic (exact) mass is 434 g/mol. The van der Waals surface area contributed by atoms with Gasteiger partial charge in [-0.25, -0.2) is 9.78 Å². The summed E-state index contributed by atoms with van der Waals surface area (Å²) in [6.45, 7) is 0. The van der Waals surface area contributed by atoms with Crippen LogP contribution >= 0.6 is 11.6 Å². The zero-order valence-electron chi connectivity index (χ0n) is 16.2. The molecule has 4 rings (SSSR count). The summed E-state index contributed by atoms with van der Waals surface area (Å²) in [6.07, 6.45) is 0.512. The van der Waals surface area contributed by atoms with E-state index in [-0.39, 0.29) is 16.7 Å². The first-order valence-electron chi connectivity index (χ1n) is 9.15. The molecule has 7 nitrogen and oxygen atoms in total. The molecule has 0 saturated carbocycles. The van der Waals surface area contributed by atoms with Gasteiger partial charge in [0.25, 0.3) is 5.91 Å². The summed E-state index contributed by atoms with van der Waals surface area (Å²) in [5, 5.41) is 9.60. The number of aldehydes is 1. The fourth-order valence-corrected chi connectivity index (χ4v) is 3.35. The van der Waals surface area contributed by atoms with Gasteiger partial charge in [0.2, 0.25) is 5.89 Å². The van der Waals surface area contributed by atoms with Gasteiger partial charge in [-0.3, -0.25) is 9.59 Å². The highest BCUT2D eigenvalue weighted by atomic mass is 35.5. The van der Waals surface area contributed by atoms with Crippen molar-refractivity contribution < 1.29 is 23.9 Å². The number of hydrogen-bond acceptors (Lipinski definition) is 5. The van der Waals surface area contributed by atoms with Crippen LogP contribution in [0.4, 0.5) is 5.69 Å². The summed E-state index contributed by atoms with van der Waals surface area (Å²) >= 11 is 6.35. The van der Waals surface area contributed by atoms with Gasteiger partial charge >= 0.3 is 5.97 Å². The molecule has 0 radical (unpaired) electrons. The van der Waals surface area contributed by atoms with Gasteiger partial charge in [-0.1, -0.05) is 29.8 Å². The number of nitrogens with zero attached hydrogens (tertiary/aromatic N) is 2. The fourth-order valence-electron chi connectivity index (χ4n) is 3.15. The molecule has 1 N–H and O–H groups in total. The standard InChI is InChI=1S/C23H15ClN2O5/c1-26(22(28)16-10-13(23(29)30)6-7-14(16)12-27)15-8-9-18(24)17(11-15)21-25-19-4-2-3-5-20(19)31-21/h2-12H,1H3,(H,29,30). The predicted molar refractivity (Wildman–Crippen MR) is 116 cm³/mol. The molecule has 0 aliphatic carbocycles. The van der Waals surface area contributed by atoms with E-state index in [9.17, 15) is 19.5 Å². The molecule has 3 aromatic carbocycles. The zero-order chi connectivity index (χ0) is 22.1. The van der Waals surface area contributed by atoms with Crippen LogP contribution in [-0.2, 0) is 0 Å². The number of aromatic nitrogens is 1. The molecule has 1 aromatic heterocycles. The van der Waals surface area contributed by atoms with Crippen LogP contribution in [0.5, 0.6) is 0 Å². The number of amides is 1. The molecule has 0 bridgehead atoms. The molecule has 0 unspecified atom stereocenters. The largest absolute Gasteiger partial charge is 0.478 e. The lowest BCUT2D eigenvalue weighted by atomic mass is 10.0. The zero-order valence-corrected chi connectivity index (χ0v) is 17.0. The lowest BCUT2D eigenvalue weighted by Gasteiger charge is -2.19. The van der Waals surface area contributed by atoms with Crippen LogP contribution in [0.25, 0.3) is 22.6 Å². The maximum Gasteiger partial charge on any atom is 0.335 e. The average molecular weight is 435 g/mol. The molecule has 31 heavy (non-hydrogen) atoms. The number of rotatable bonds is 5. The van der Waals surface area contributed by atoms with Crippen LogP contribution in [0.15, 0.2) is 65.1 Å². The number of fused-ring (bicyclic) bond motifs is 1. The van der Waals surface area contributed by atoms with Crippen molar-refractivity contribution in [3.63, 3.8) is 0 Å².